The van der Waals surface area contributed by atoms with Crippen LogP contribution in [-0.2, 0) is 0 Å². The molecule has 1 N–H and O–H groups in total. The van der Waals surface area contributed by atoms with Crippen LogP contribution in [0.4, 0.5) is 0 Å². The molecule has 1 aromatic heterocycles. The van der Waals surface area contributed by atoms with Gasteiger partial charge in [-0.05, 0) is 12.1 Å². The molecule has 0 aliphatic rings. The molecule has 0 unspecified atom stereocenters. The number of aromatic hydroxyl groups is 1. The first kappa shape index (κ1) is 9.68. The number of halogens is 1. The predicted octanol–water partition coefficient (Wildman–Crippen LogP) is 1.44. The summed E-state index contributed by atoms with van der Waals surface area (Å²) < 4.78 is 0. The quantitative estimate of drug-likeness (QED) is 0.714. The van der Waals surface area contributed by atoms with E-state index in [2.05, 4.69) is 4.98 Å². The first-order chi connectivity index (χ1) is 3.79. The number of hydrogen-bond acceptors (Lipinski definition) is 2. The molecule has 0 saturated heterocycles. The van der Waals surface area contributed by atoms with E-state index in [4.69, 9.17) is 16.7 Å². The molecule has 1 rings (SSSR count). The van der Waals surface area contributed by atoms with Crippen LogP contribution in [0.1, 0.15) is 0 Å². The number of nitrogens with zero attached hydrogens (tertiary/aromatic N) is 1. The smallest absolute Gasteiger partial charge is 0.133 e. The molecule has 45 valence electrons. The molecule has 2 nitrogen and oxygen atoms in total. The molecule has 0 aliphatic carbocycles. The Balaban J connectivity index is 0.000000640. The molecule has 0 atom stereocenters. The van der Waals surface area contributed by atoms with Crippen LogP contribution in [-0.4, -0.2) is 10.1 Å². The first-order valence-electron chi connectivity index (χ1n) is 2.09. The van der Waals surface area contributed by atoms with Gasteiger partial charge in [-0.2, -0.15) is 0 Å². The largest absolute Gasteiger partial charge is 0.506 e. The van der Waals surface area contributed by atoms with Gasteiger partial charge in [0, 0.05) is 44.1 Å². The molecule has 0 aliphatic heterocycles. The maximum Gasteiger partial charge on any atom is 0.133 e. The second kappa shape index (κ2) is 4.49. The molecule has 9 heavy (non-hydrogen) atoms. The van der Waals surface area contributed by atoms with Crippen LogP contribution in [0.3, 0.4) is 0 Å². The standard InChI is InChI=1S/C5H4ClNO.Ac/c6-5-2-1-4(8)3-7-5;/h1-3,8H;. The summed E-state index contributed by atoms with van der Waals surface area (Å²) in [5.41, 5.74) is 0. The molecule has 0 aromatic carbocycles. The van der Waals surface area contributed by atoms with E-state index in [9.17, 15) is 0 Å². The van der Waals surface area contributed by atoms with Gasteiger partial charge in [0.25, 0.3) is 0 Å². The Kier molecular flexibility index (Phi) is 4.83. The Labute approximate surface area is 93.8 Å². The summed E-state index contributed by atoms with van der Waals surface area (Å²) in [6, 6.07) is 3.01. The summed E-state index contributed by atoms with van der Waals surface area (Å²) in [5, 5.41) is 9.03. The van der Waals surface area contributed by atoms with Gasteiger partial charge in [-0.3, -0.25) is 0 Å². The van der Waals surface area contributed by atoms with Gasteiger partial charge in [-0.1, -0.05) is 11.6 Å². The maximum absolute atomic E-state index is 8.64. The molecular weight excluding hydrogens is 353 g/mol. The molecular formula is C5H4AcClNO. The Morgan fingerprint density at radius 3 is 2.44 bits per heavy atom. The molecule has 0 amide bonds. The minimum atomic E-state index is 0. The normalized spacial score (nSPS) is 8.11. The topological polar surface area (TPSA) is 33.1 Å². The fourth-order valence-corrected chi connectivity index (χ4v) is 0.480. The number of aromatic nitrogens is 1. The number of rotatable bonds is 0. The van der Waals surface area contributed by atoms with Crippen molar-refractivity contribution in [3.05, 3.63) is 23.5 Å². The van der Waals surface area contributed by atoms with Crippen molar-refractivity contribution in [3.8, 4) is 5.75 Å². The van der Waals surface area contributed by atoms with Gasteiger partial charge in [-0.15, -0.1) is 0 Å². The van der Waals surface area contributed by atoms with Crippen molar-refractivity contribution < 1.29 is 49.2 Å². The van der Waals surface area contributed by atoms with Gasteiger partial charge in [0.15, 0.2) is 0 Å². The van der Waals surface area contributed by atoms with Crippen LogP contribution in [0.5, 0.6) is 5.75 Å². The maximum atomic E-state index is 8.64. The van der Waals surface area contributed by atoms with Gasteiger partial charge in [0.1, 0.15) is 10.9 Å². The average Bonchev–Trinajstić information content (AvgIpc) is 1.77. The number of hydrogen-bond donors (Lipinski definition) is 1. The van der Waals surface area contributed by atoms with Crippen LogP contribution < -0.4 is 0 Å². The molecule has 1 aromatic rings. The van der Waals surface area contributed by atoms with Crippen LogP contribution in [0, 0.1) is 44.1 Å². The van der Waals surface area contributed by atoms with Crippen molar-refractivity contribution >= 4 is 11.6 Å². The minimum Gasteiger partial charge on any atom is -0.506 e. The van der Waals surface area contributed by atoms with Crippen LogP contribution in [0.2, 0.25) is 5.15 Å². The second-order valence-corrected chi connectivity index (χ2v) is 1.73. The van der Waals surface area contributed by atoms with E-state index < -0.39 is 0 Å². The van der Waals surface area contributed by atoms with Gasteiger partial charge < -0.3 is 5.11 Å². The molecule has 1 radical (unpaired) electrons. The van der Waals surface area contributed by atoms with Gasteiger partial charge in [0.2, 0.25) is 0 Å². The summed E-state index contributed by atoms with van der Waals surface area (Å²) in [5.74, 6) is 0.134. The minimum absolute atomic E-state index is 0. The molecule has 4 heteroatoms. The Morgan fingerprint density at radius 2 is 2.11 bits per heavy atom. The van der Waals surface area contributed by atoms with Gasteiger partial charge in [0.05, 0.1) is 6.20 Å². The fourth-order valence-electron chi connectivity index (χ4n) is 0.368. The van der Waals surface area contributed by atoms with Crippen molar-refractivity contribution in [1.29, 1.82) is 0 Å². The first-order valence-corrected chi connectivity index (χ1v) is 2.47. The van der Waals surface area contributed by atoms with E-state index in [0.29, 0.717) is 5.15 Å². The molecule has 0 bridgehead atoms. The monoisotopic (exact) mass is 356 g/mol. The zero-order chi connectivity index (χ0) is 5.98. The van der Waals surface area contributed by atoms with E-state index >= 15 is 0 Å². The van der Waals surface area contributed by atoms with E-state index in [1.165, 1.54) is 18.3 Å². The predicted molar refractivity (Wildman–Crippen MR) is 30.9 cm³/mol. The van der Waals surface area contributed by atoms with E-state index in [1.54, 1.807) is 0 Å². The second-order valence-electron chi connectivity index (χ2n) is 1.34. The van der Waals surface area contributed by atoms with Crippen LogP contribution >= 0.6 is 11.6 Å². The summed E-state index contributed by atoms with van der Waals surface area (Å²) in [6.45, 7) is 0. The van der Waals surface area contributed by atoms with E-state index in [0.717, 1.165) is 0 Å². The summed E-state index contributed by atoms with van der Waals surface area (Å²) >= 11 is 5.39. The van der Waals surface area contributed by atoms with Crippen molar-refractivity contribution in [2.45, 2.75) is 0 Å². The molecule has 0 fully saturated rings. The SMILES string of the molecule is Oc1ccc(Cl)nc1.[Ac]. The Bertz CT molecular complexity index is 156. The van der Waals surface area contributed by atoms with Crippen molar-refractivity contribution in [3.63, 3.8) is 0 Å². The van der Waals surface area contributed by atoms with E-state index in [-0.39, 0.29) is 49.8 Å². The Morgan fingerprint density at radius 1 is 1.44 bits per heavy atom. The Hall–Kier alpha value is 0.682. The third-order valence-corrected chi connectivity index (χ3v) is 0.935. The number of pyridine rings is 1. The fraction of sp³-hybridized carbons (Fsp3) is 0. The average molecular weight is 357 g/mol. The van der Waals surface area contributed by atoms with Crippen molar-refractivity contribution in [1.82, 2.24) is 4.98 Å². The van der Waals surface area contributed by atoms with Crippen LogP contribution in [0.15, 0.2) is 18.3 Å². The van der Waals surface area contributed by atoms with Crippen molar-refractivity contribution in [2.75, 3.05) is 0 Å². The third-order valence-electron chi connectivity index (χ3n) is 0.712. The molecule has 0 spiro atoms. The summed E-state index contributed by atoms with van der Waals surface area (Å²) in [7, 11) is 0. The van der Waals surface area contributed by atoms with E-state index in [1.807, 2.05) is 0 Å². The molecule has 1 heterocycles. The van der Waals surface area contributed by atoms with Crippen molar-refractivity contribution in [2.24, 2.45) is 0 Å². The zero-order valence-corrected chi connectivity index (χ0v) is 10.1. The summed E-state index contributed by atoms with van der Waals surface area (Å²) in [6.07, 6.45) is 1.29. The van der Waals surface area contributed by atoms with Gasteiger partial charge in [-0.25, -0.2) is 4.98 Å². The van der Waals surface area contributed by atoms with Crippen LogP contribution in [0.25, 0.3) is 0 Å². The molecule has 0 saturated carbocycles. The summed E-state index contributed by atoms with van der Waals surface area (Å²) in [4.78, 5) is 3.59. The van der Waals surface area contributed by atoms with Gasteiger partial charge >= 0.3 is 0 Å². The zero-order valence-electron chi connectivity index (χ0n) is 4.58. The third kappa shape index (κ3) is 3.40.